The predicted octanol–water partition coefficient (Wildman–Crippen LogP) is 3.46. The fourth-order valence-corrected chi connectivity index (χ4v) is 2.04. The Morgan fingerprint density at radius 2 is 1.63 bits per heavy atom. The lowest BCUT2D eigenvalue weighted by Crippen LogP contribution is -2.03. The van der Waals surface area contributed by atoms with E-state index in [1.807, 2.05) is 0 Å². The van der Waals surface area contributed by atoms with Crippen LogP contribution in [-0.2, 0) is 4.79 Å². The Kier molecular flexibility index (Phi) is 2.63. The molecule has 4 heteroatoms. The number of hydrogen-bond donors (Lipinski definition) is 1. The van der Waals surface area contributed by atoms with E-state index in [0.29, 0.717) is 22.4 Å². The second-order valence-corrected chi connectivity index (χ2v) is 4.25. The predicted molar refractivity (Wildman–Crippen MR) is 69.3 cm³/mol. The maximum Gasteiger partial charge on any atom is 0.256 e. The zero-order valence-corrected chi connectivity index (χ0v) is 9.78. The number of amides is 1. The van der Waals surface area contributed by atoms with E-state index in [9.17, 15) is 13.6 Å². The zero-order chi connectivity index (χ0) is 13.4. The molecule has 0 saturated carbocycles. The van der Waals surface area contributed by atoms with Gasteiger partial charge >= 0.3 is 0 Å². The summed E-state index contributed by atoms with van der Waals surface area (Å²) >= 11 is 0. The van der Waals surface area contributed by atoms with Crippen LogP contribution in [0, 0.1) is 11.6 Å². The van der Waals surface area contributed by atoms with E-state index in [4.69, 9.17) is 0 Å². The Balaban J connectivity index is 2.06. The van der Waals surface area contributed by atoms with Crippen molar-refractivity contribution in [3.05, 3.63) is 65.2 Å². The zero-order valence-electron chi connectivity index (χ0n) is 9.78. The minimum atomic E-state index is -0.401. The highest BCUT2D eigenvalue weighted by Gasteiger charge is 2.24. The van der Waals surface area contributed by atoms with E-state index in [1.165, 1.54) is 24.3 Å². The summed E-state index contributed by atoms with van der Waals surface area (Å²) in [7, 11) is 0. The molecule has 1 heterocycles. The molecule has 0 aliphatic carbocycles. The monoisotopic (exact) mass is 257 g/mol. The molecule has 0 atom stereocenters. The van der Waals surface area contributed by atoms with Gasteiger partial charge in [0, 0.05) is 11.1 Å². The molecule has 19 heavy (non-hydrogen) atoms. The van der Waals surface area contributed by atoms with Crippen molar-refractivity contribution < 1.29 is 13.6 Å². The lowest BCUT2D eigenvalue weighted by atomic mass is 10.0. The number of carbonyl (C=O) groups excluding carboxylic acids is 1. The maximum absolute atomic E-state index is 13.1. The number of anilines is 1. The van der Waals surface area contributed by atoms with Crippen molar-refractivity contribution in [1.29, 1.82) is 0 Å². The topological polar surface area (TPSA) is 29.1 Å². The summed E-state index contributed by atoms with van der Waals surface area (Å²) in [6.07, 6.45) is 1.65. The molecule has 1 amide bonds. The summed E-state index contributed by atoms with van der Waals surface area (Å²) in [5.74, 6) is -1.02. The molecule has 0 spiro atoms. The van der Waals surface area contributed by atoms with Gasteiger partial charge in [-0.25, -0.2) is 8.78 Å². The number of nitrogens with one attached hydrogen (secondary N) is 1. The van der Waals surface area contributed by atoms with Gasteiger partial charge in [-0.2, -0.15) is 0 Å². The van der Waals surface area contributed by atoms with Crippen LogP contribution in [0.4, 0.5) is 14.5 Å². The van der Waals surface area contributed by atoms with Crippen LogP contribution < -0.4 is 5.32 Å². The first-order chi connectivity index (χ1) is 9.13. The molecule has 3 rings (SSSR count). The van der Waals surface area contributed by atoms with Crippen molar-refractivity contribution in [2.24, 2.45) is 0 Å². The first-order valence-corrected chi connectivity index (χ1v) is 5.72. The number of rotatable bonds is 1. The van der Waals surface area contributed by atoms with E-state index < -0.39 is 5.82 Å². The summed E-state index contributed by atoms with van der Waals surface area (Å²) < 4.78 is 25.9. The standard InChI is InChI=1S/C15H9F2NO/c16-10-3-1-9(2-4-10)7-13-12-6-5-11(17)8-14(12)18-15(13)19/h1-8H,(H,18,19). The maximum atomic E-state index is 13.1. The third kappa shape index (κ3) is 2.12. The number of benzene rings is 2. The van der Waals surface area contributed by atoms with Crippen LogP contribution >= 0.6 is 0 Å². The van der Waals surface area contributed by atoms with E-state index in [1.54, 1.807) is 24.3 Å². The van der Waals surface area contributed by atoms with Gasteiger partial charge in [0.2, 0.25) is 0 Å². The van der Waals surface area contributed by atoms with Gasteiger partial charge in [-0.3, -0.25) is 4.79 Å². The van der Waals surface area contributed by atoms with Crippen LogP contribution in [0.15, 0.2) is 42.5 Å². The smallest absolute Gasteiger partial charge is 0.256 e. The molecule has 1 N–H and O–H groups in total. The van der Waals surface area contributed by atoms with Gasteiger partial charge in [-0.05, 0) is 42.0 Å². The number of hydrogen-bond acceptors (Lipinski definition) is 1. The Bertz CT molecular complexity index is 690. The van der Waals surface area contributed by atoms with Crippen molar-refractivity contribution >= 4 is 23.2 Å². The highest BCUT2D eigenvalue weighted by atomic mass is 19.1. The largest absolute Gasteiger partial charge is 0.321 e. The summed E-state index contributed by atoms with van der Waals surface area (Å²) in [6, 6.07) is 9.94. The molecule has 0 radical (unpaired) electrons. The SMILES string of the molecule is O=C1Nc2cc(F)ccc2C1=Cc1ccc(F)cc1. The molecule has 2 aromatic rings. The summed E-state index contributed by atoms with van der Waals surface area (Å²) in [6.45, 7) is 0. The molecular weight excluding hydrogens is 248 g/mol. The summed E-state index contributed by atoms with van der Waals surface area (Å²) in [4.78, 5) is 11.8. The van der Waals surface area contributed by atoms with Gasteiger partial charge in [0.15, 0.2) is 0 Å². The third-order valence-electron chi connectivity index (χ3n) is 2.95. The average Bonchev–Trinajstić information content (AvgIpc) is 2.68. The van der Waals surface area contributed by atoms with Crippen LogP contribution in [0.25, 0.3) is 11.6 Å². The highest BCUT2D eigenvalue weighted by Crippen LogP contribution is 2.33. The Morgan fingerprint density at radius 1 is 0.947 bits per heavy atom. The fraction of sp³-hybridized carbons (Fsp3) is 0. The van der Waals surface area contributed by atoms with Gasteiger partial charge in [0.1, 0.15) is 11.6 Å². The van der Waals surface area contributed by atoms with Crippen molar-refractivity contribution in [3.63, 3.8) is 0 Å². The molecule has 0 unspecified atom stereocenters. The first kappa shape index (κ1) is 11.6. The molecule has 94 valence electrons. The van der Waals surface area contributed by atoms with E-state index >= 15 is 0 Å². The lowest BCUT2D eigenvalue weighted by molar-refractivity contribution is -0.110. The van der Waals surface area contributed by atoms with Crippen LogP contribution in [0.3, 0.4) is 0 Å². The van der Waals surface area contributed by atoms with Gasteiger partial charge in [-0.15, -0.1) is 0 Å². The fourth-order valence-electron chi connectivity index (χ4n) is 2.04. The first-order valence-electron chi connectivity index (χ1n) is 5.72. The van der Waals surface area contributed by atoms with E-state index in [-0.39, 0.29) is 11.7 Å². The molecule has 2 aromatic carbocycles. The Labute approximate surface area is 108 Å². The quantitative estimate of drug-likeness (QED) is 0.779. The van der Waals surface area contributed by atoms with Crippen LogP contribution in [0.5, 0.6) is 0 Å². The van der Waals surface area contributed by atoms with Gasteiger partial charge in [-0.1, -0.05) is 12.1 Å². The molecule has 1 aliphatic rings. The third-order valence-corrected chi connectivity index (χ3v) is 2.95. The number of carbonyl (C=O) groups is 1. The van der Waals surface area contributed by atoms with Gasteiger partial charge < -0.3 is 5.32 Å². The normalized spacial score (nSPS) is 15.5. The number of halogens is 2. The lowest BCUT2D eigenvalue weighted by Gasteiger charge is -1.99. The van der Waals surface area contributed by atoms with Crippen molar-refractivity contribution in [2.45, 2.75) is 0 Å². The van der Waals surface area contributed by atoms with E-state index in [2.05, 4.69) is 5.32 Å². The molecule has 1 aliphatic heterocycles. The molecule has 0 bridgehead atoms. The van der Waals surface area contributed by atoms with Crippen molar-refractivity contribution in [2.75, 3.05) is 5.32 Å². The molecule has 0 fully saturated rings. The highest BCUT2D eigenvalue weighted by molar-refractivity contribution is 6.34. The van der Waals surface area contributed by atoms with Crippen LogP contribution in [-0.4, -0.2) is 5.91 Å². The summed E-state index contributed by atoms with van der Waals surface area (Å²) in [5.41, 5.74) is 2.26. The van der Waals surface area contributed by atoms with E-state index in [0.717, 1.165) is 0 Å². The molecular formula is C15H9F2NO. The van der Waals surface area contributed by atoms with Crippen LogP contribution in [0.2, 0.25) is 0 Å². The minimum Gasteiger partial charge on any atom is -0.321 e. The minimum absolute atomic E-state index is 0.287. The van der Waals surface area contributed by atoms with Gasteiger partial charge in [0.05, 0.1) is 5.69 Å². The average molecular weight is 257 g/mol. The Hall–Kier alpha value is -2.49. The van der Waals surface area contributed by atoms with Crippen molar-refractivity contribution in [3.8, 4) is 0 Å². The Morgan fingerprint density at radius 3 is 2.37 bits per heavy atom. The number of fused-ring (bicyclic) bond motifs is 1. The second-order valence-electron chi connectivity index (χ2n) is 4.25. The molecule has 0 saturated heterocycles. The van der Waals surface area contributed by atoms with Gasteiger partial charge in [0.25, 0.3) is 5.91 Å². The second kappa shape index (κ2) is 4.31. The summed E-state index contributed by atoms with van der Waals surface area (Å²) in [5, 5.41) is 2.60. The molecule has 0 aromatic heterocycles. The van der Waals surface area contributed by atoms with Crippen LogP contribution in [0.1, 0.15) is 11.1 Å². The molecule has 2 nitrogen and oxygen atoms in total. The van der Waals surface area contributed by atoms with Crippen molar-refractivity contribution in [1.82, 2.24) is 0 Å².